The summed E-state index contributed by atoms with van der Waals surface area (Å²) in [6, 6.07) is 10.1. The lowest BCUT2D eigenvalue weighted by molar-refractivity contribution is -0.119. The normalized spacial score (nSPS) is 10.9. The number of aromatic amines is 1. The van der Waals surface area contributed by atoms with Crippen molar-refractivity contribution in [1.82, 2.24) is 19.5 Å². The molecule has 0 unspecified atom stereocenters. The zero-order valence-corrected chi connectivity index (χ0v) is 17.7. The fourth-order valence-corrected chi connectivity index (χ4v) is 3.46. The van der Waals surface area contributed by atoms with Crippen molar-refractivity contribution in [2.24, 2.45) is 5.73 Å². The SMILES string of the molecule is CCC(=O)Cn1ccc(-c2cc(-c3cc(C)ccn3)c3nc(NC(N)=O)[nH]c3c2)cc1=O. The molecular formula is C23H22N6O3. The van der Waals surface area contributed by atoms with Crippen LogP contribution in [0.15, 0.2) is 53.6 Å². The Hall–Kier alpha value is -4.27. The lowest BCUT2D eigenvalue weighted by atomic mass is 10.00. The van der Waals surface area contributed by atoms with E-state index < -0.39 is 6.03 Å². The molecule has 32 heavy (non-hydrogen) atoms. The van der Waals surface area contributed by atoms with E-state index in [1.165, 1.54) is 10.6 Å². The molecule has 1 aromatic carbocycles. The molecule has 9 nitrogen and oxygen atoms in total. The van der Waals surface area contributed by atoms with Gasteiger partial charge in [0.15, 0.2) is 5.78 Å². The number of urea groups is 1. The molecule has 0 atom stereocenters. The van der Waals surface area contributed by atoms with E-state index in [1.54, 1.807) is 25.4 Å². The molecule has 3 heterocycles. The van der Waals surface area contributed by atoms with Gasteiger partial charge in [0.2, 0.25) is 5.95 Å². The number of nitrogens with one attached hydrogen (secondary N) is 2. The van der Waals surface area contributed by atoms with E-state index in [2.05, 4.69) is 20.3 Å². The molecule has 0 saturated carbocycles. The van der Waals surface area contributed by atoms with Gasteiger partial charge in [0.1, 0.15) is 0 Å². The number of nitrogens with zero attached hydrogens (tertiary/aromatic N) is 3. The molecule has 0 radical (unpaired) electrons. The molecule has 4 N–H and O–H groups in total. The van der Waals surface area contributed by atoms with Gasteiger partial charge in [-0.25, -0.2) is 9.78 Å². The Morgan fingerprint density at radius 3 is 2.66 bits per heavy atom. The van der Waals surface area contributed by atoms with E-state index in [1.807, 2.05) is 31.2 Å². The molecule has 4 aromatic rings. The molecule has 2 amide bonds. The average molecular weight is 430 g/mol. The second-order valence-corrected chi connectivity index (χ2v) is 7.49. The number of benzene rings is 1. The van der Waals surface area contributed by atoms with Crippen molar-refractivity contribution >= 4 is 28.8 Å². The Balaban J connectivity index is 1.87. The number of fused-ring (bicyclic) bond motifs is 1. The van der Waals surface area contributed by atoms with Crippen LogP contribution in [0.25, 0.3) is 33.4 Å². The third-order valence-corrected chi connectivity index (χ3v) is 5.09. The number of aromatic nitrogens is 4. The van der Waals surface area contributed by atoms with Crippen molar-refractivity contribution < 1.29 is 9.59 Å². The minimum atomic E-state index is -0.732. The van der Waals surface area contributed by atoms with Crippen LogP contribution in [0, 0.1) is 6.92 Å². The van der Waals surface area contributed by atoms with Crippen LogP contribution in [-0.2, 0) is 11.3 Å². The number of carbonyl (C=O) groups is 2. The van der Waals surface area contributed by atoms with Gasteiger partial charge in [0, 0.05) is 30.4 Å². The van der Waals surface area contributed by atoms with Gasteiger partial charge in [-0.3, -0.25) is 19.9 Å². The van der Waals surface area contributed by atoms with Gasteiger partial charge in [-0.1, -0.05) is 6.92 Å². The van der Waals surface area contributed by atoms with Gasteiger partial charge in [-0.2, -0.15) is 0 Å². The number of aryl methyl sites for hydroxylation is 1. The first kappa shape index (κ1) is 21.0. The number of nitrogens with two attached hydrogens (primary N) is 1. The number of hydrogen-bond acceptors (Lipinski definition) is 5. The van der Waals surface area contributed by atoms with Crippen LogP contribution in [0.2, 0.25) is 0 Å². The predicted octanol–water partition coefficient (Wildman–Crippen LogP) is 3.23. The van der Waals surface area contributed by atoms with Crippen LogP contribution >= 0.6 is 0 Å². The number of H-pyrrole nitrogens is 1. The van der Waals surface area contributed by atoms with E-state index in [9.17, 15) is 14.4 Å². The van der Waals surface area contributed by atoms with Gasteiger partial charge < -0.3 is 15.3 Å². The smallest absolute Gasteiger partial charge is 0.318 e. The molecule has 4 rings (SSSR count). The number of ketones is 1. The second-order valence-electron chi connectivity index (χ2n) is 7.49. The van der Waals surface area contributed by atoms with E-state index in [0.717, 1.165) is 16.7 Å². The maximum Gasteiger partial charge on any atom is 0.318 e. The zero-order chi connectivity index (χ0) is 22.8. The Kier molecular flexibility index (Phi) is 5.55. The summed E-state index contributed by atoms with van der Waals surface area (Å²) < 4.78 is 1.39. The van der Waals surface area contributed by atoms with Crippen molar-refractivity contribution in [2.75, 3.05) is 5.32 Å². The van der Waals surface area contributed by atoms with Crippen LogP contribution in [0.1, 0.15) is 18.9 Å². The number of carbonyl (C=O) groups excluding carboxylic acids is 2. The third kappa shape index (κ3) is 4.27. The zero-order valence-electron chi connectivity index (χ0n) is 17.7. The van der Waals surface area contributed by atoms with Crippen LogP contribution in [0.5, 0.6) is 0 Å². The number of primary amides is 1. The van der Waals surface area contributed by atoms with Gasteiger partial charge in [-0.15, -0.1) is 0 Å². The molecule has 0 bridgehead atoms. The minimum absolute atomic E-state index is 0.0129. The molecule has 0 spiro atoms. The van der Waals surface area contributed by atoms with E-state index in [4.69, 9.17) is 5.73 Å². The highest BCUT2D eigenvalue weighted by Gasteiger charge is 2.15. The number of pyridine rings is 2. The fourth-order valence-electron chi connectivity index (χ4n) is 3.46. The first-order valence-corrected chi connectivity index (χ1v) is 10.1. The molecule has 0 aliphatic rings. The molecule has 162 valence electrons. The maximum atomic E-state index is 12.6. The van der Waals surface area contributed by atoms with Crippen molar-refractivity contribution in [3.05, 3.63) is 64.7 Å². The first-order valence-electron chi connectivity index (χ1n) is 10.1. The Bertz CT molecular complexity index is 1400. The van der Waals surface area contributed by atoms with Crippen molar-refractivity contribution in [3.63, 3.8) is 0 Å². The Labute approximate surface area is 183 Å². The highest BCUT2D eigenvalue weighted by molar-refractivity contribution is 5.97. The molecule has 0 fully saturated rings. The van der Waals surface area contributed by atoms with Gasteiger partial charge >= 0.3 is 6.03 Å². The summed E-state index contributed by atoms with van der Waals surface area (Å²) in [6.07, 6.45) is 3.70. The van der Waals surface area contributed by atoms with Crippen LogP contribution < -0.4 is 16.6 Å². The van der Waals surface area contributed by atoms with E-state index in [-0.39, 0.29) is 23.8 Å². The molecular weight excluding hydrogens is 408 g/mol. The molecule has 0 aliphatic carbocycles. The lowest BCUT2D eigenvalue weighted by Crippen LogP contribution is -2.22. The average Bonchev–Trinajstić information content (AvgIpc) is 3.15. The summed E-state index contributed by atoms with van der Waals surface area (Å²) in [7, 11) is 0. The third-order valence-electron chi connectivity index (χ3n) is 5.09. The number of imidazole rings is 1. The lowest BCUT2D eigenvalue weighted by Gasteiger charge is -2.09. The highest BCUT2D eigenvalue weighted by atomic mass is 16.2. The van der Waals surface area contributed by atoms with Crippen molar-refractivity contribution in [3.8, 4) is 22.4 Å². The van der Waals surface area contributed by atoms with Gasteiger partial charge in [-0.05, 0) is 53.9 Å². The summed E-state index contributed by atoms with van der Waals surface area (Å²) in [5.41, 5.74) is 10.1. The molecule has 0 saturated heterocycles. The number of rotatable bonds is 6. The summed E-state index contributed by atoms with van der Waals surface area (Å²) >= 11 is 0. The number of hydrogen-bond donors (Lipinski definition) is 3. The molecule has 3 aromatic heterocycles. The van der Waals surface area contributed by atoms with E-state index >= 15 is 0 Å². The van der Waals surface area contributed by atoms with Crippen LogP contribution in [0.4, 0.5) is 10.7 Å². The summed E-state index contributed by atoms with van der Waals surface area (Å²) in [5, 5.41) is 2.45. The van der Waals surface area contributed by atoms with Crippen LogP contribution in [-0.4, -0.2) is 31.3 Å². The topological polar surface area (TPSA) is 136 Å². The van der Waals surface area contributed by atoms with Crippen molar-refractivity contribution in [2.45, 2.75) is 26.8 Å². The second kappa shape index (κ2) is 8.46. The fraction of sp³-hybridized carbons (Fsp3) is 0.174. The summed E-state index contributed by atoms with van der Waals surface area (Å²) in [5.74, 6) is 0.202. The van der Waals surface area contributed by atoms with Gasteiger partial charge in [0.25, 0.3) is 5.56 Å². The standard InChI is InChI=1S/C23H22N6O3/c1-3-16(30)12-29-7-5-14(11-20(29)31)15-9-17(18-8-13(2)4-6-25-18)21-19(10-15)26-23(27-21)28-22(24)32/h4-11H,3,12H2,1-2H3,(H4,24,26,27,28,32). The Morgan fingerprint density at radius 1 is 1.16 bits per heavy atom. The highest BCUT2D eigenvalue weighted by Crippen LogP contribution is 2.33. The number of amides is 2. The number of Topliss-reactive ketones (excluding diaryl/α,β-unsaturated/α-hetero) is 1. The largest absolute Gasteiger partial charge is 0.351 e. The quantitative estimate of drug-likeness (QED) is 0.431. The number of anilines is 1. The van der Waals surface area contributed by atoms with Gasteiger partial charge in [0.05, 0.1) is 23.3 Å². The first-order chi connectivity index (χ1) is 15.3. The molecule has 0 aliphatic heterocycles. The monoisotopic (exact) mass is 430 g/mol. The summed E-state index contributed by atoms with van der Waals surface area (Å²) in [4.78, 5) is 47.5. The molecule has 9 heteroatoms. The van der Waals surface area contributed by atoms with Crippen LogP contribution in [0.3, 0.4) is 0 Å². The Morgan fingerprint density at radius 2 is 1.97 bits per heavy atom. The predicted molar refractivity (Wildman–Crippen MR) is 122 cm³/mol. The van der Waals surface area contributed by atoms with Crippen molar-refractivity contribution in [1.29, 1.82) is 0 Å². The summed E-state index contributed by atoms with van der Waals surface area (Å²) in [6.45, 7) is 3.79. The maximum absolute atomic E-state index is 12.6. The van der Waals surface area contributed by atoms with E-state index in [0.29, 0.717) is 28.7 Å². The minimum Gasteiger partial charge on any atom is -0.351 e.